The van der Waals surface area contributed by atoms with Gasteiger partial charge in [0.1, 0.15) is 11.5 Å². The predicted molar refractivity (Wildman–Crippen MR) is 162 cm³/mol. The maximum atomic E-state index is 13.0. The number of thioether (sulfide) groups is 1. The van der Waals surface area contributed by atoms with Gasteiger partial charge in [0.15, 0.2) is 0 Å². The summed E-state index contributed by atoms with van der Waals surface area (Å²) in [4.78, 5) is 1.16. The molecule has 0 saturated heterocycles. The molecule has 3 unspecified atom stereocenters. The number of unbranched alkanes of at least 4 members (excludes halogenated alkanes) is 8. The molecular weight excluding hydrogens is 567 g/mol. The van der Waals surface area contributed by atoms with Gasteiger partial charge >= 0.3 is 12.1 Å². The first kappa shape index (κ1) is 34.5. The number of phenolic OH excluding ortho intramolecular Hbond substituents is 2. The highest BCUT2D eigenvalue weighted by molar-refractivity contribution is 7.99. The summed E-state index contributed by atoms with van der Waals surface area (Å²) in [5.74, 6) is -2.20. The van der Waals surface area contributed by atoms with Crippen LogP contribution < -0.4 is 0 Å². The Labute approximate surface area is 252 Å². The molecule has 2 N–H and O–H groups in total. The van der Waals surface area contributed by atoms with E-state index >= 15 is 0 Å². The standard InChI is InChI=1S/C34H47F5O2S/c1-25(14-10-7-8-12-22-33(35,36)34(37,38)39)13-9-5-3-4-6-11-15-30-29-21-20-28(41)23-31(29)42-24-32(30,2)26-16-18-27(40)19-17-26/h16-21,23,25,30,40-41H,3-15,22,24H2,1-2H3. The molecular formula is C34H47F5O2S. The average Bonchev–Trinajstić information content (AvgIpc) is 2.92. The Morgan fingerprint density at radius 1 is 0.786 bits per heavy atom. The number of aromatic hydroxyl groups is 2. The van der Waals surface area contributed by atoms with Crippen molar-refractivity contribution in [1.29, 1.82) is 0 Å². The van der Waals surface area contributed by atoms with Crippen molar-refractivity contribution in [2.24, 2.45) is 5.92 Å². The SMILES string of the molecule is CC(CCCCCCCCC1c2ccc(O)cc2SCC1(C)c1ccc(O)cc1)CCCCCCC(F)(F)C(F)(F)F. The van der Waals surface area contributed by atoms with Crippen molar-refractivity contribution in [3.05, 3.63) is 53.6 Å². The van der Waals surface area contributed by atoms with Crippen molar-refractivity contribution < 1.29 is 32.2 Å². The molecule has 1 aliphatic rings. The smallest absolute Gasteiger partial charge is 0.453 e. The summed E-state index contributed by atoms with van der Waals surface area (Å²) in [7, 11) is 0. The number of hydrogen-bond acceptors (Lipinski definition) is 3. The van der Waals surface area contributed by atoms with Crippen LogP contribution in [0.4, 0.5) is 22.0 Å². The number of halogens is 5. The molecule has 0 aromatic heterocycles. The minimum atomic E-state index is -5.44. The van der Waals surface area contributed by atoms with Crippen LogP contribution in [0.3, 0.4) is 0 Å². The van der Waals surface area contributed by atoms with Gasteiger partial charge in [0, 0.05) is 22.5 Å². The third-order valence-electron chi connectivity index (χ3n) is 8.99. The molecule has 0 saturated carbocycles. The fourth-order valence-corrected chi connectivity index (χ4v) is 7.64. The van der Waals surface area contributed by atoms with Gasteiger partial charge in [0.2, 0.25) is 0 Å². The molecule has 1 aliphatic heterocycles. The first-order valence-electron chi connectivity index (χ1n) is 15.5. The summed E-state index contributed by atoms with van der Waals surface area (Å²) < 4.78 is 62.6. The van der Waals surface area contributed by atoms with E-state index in [1.807, 2.05) is 18.2 Å². The summed E-state index contributed by atoms with van der Waals surface area (Å²) in [6, 6.07) is 13.3. The third kappa shape index (κ3) is 9.78. The molecule has 2 aromatic rings. The zero-order valence-corrected chi connectivity index (χ0v) is 25.8. The second kappa shape index (κ2) is 15.7. The van der Waals surface area contributed by atoms with Crippen LogP contribution in [-0.2, 0) is 5.41 Å². The minimum Gasteiger partial charge on any atom is -0.508 e. The van der Waals surface area contributed by atoms with Gasteiger partial charge in [-0.2, -0.15) is 22.0 Å². The number of phenols is 2. The minimum absolute atomic E-state index is 0.0629. The maximum Gasteiger partial charge on any atom is 0.453 e. The monoisotopic (exact) mass is 614 g/mol. The molecule has 3 atom stereocenters. The zero-order valence-electron chi connectivity index (χ0n) is 25.0. The van der Waals surface area contributed by atoms with Gasteiger partial charge in [0.05, 0.1) is 0 Å². The highest BCUT2D eigenvalue weighted by atomic mass is 32.2. The van der Waals surface area contributed by atoms with Crippen LogP contribution in [0, 0.1) is 5.92 Å². The molecule has 0 bridgehead atoms. The van der Waals surface area contributed by atoms with Gasteiger partial charge in [-0.05, 0) is 60.1 Å². The Balaban J connectivity index is 1.32. The van der Waals surface area contributed by atoms with Gasteiger partial charge in [-0.25, -0.2) is 0 Å². The topological polar surface area (TPSA) is 40.5 Å². The van der Waals surface area contributed by atoms with Crippen molar-refractivity contribution in [2.45, 2.75) is 132 Å². The van der Waals surface area contributed by atoms with E-state index in [4.69, 9.17) is 0 Å². The van der Waals surface area contributed by atoms with E-state index in [0.717, 1.165) is 49.2 Å². The Morgan fingerprint density at radius 2 is 1.33 bits per heavy atom. The van der Waals surface area contributed by atoms with E-state index in [2.05, 4.69) is 19.9 Å². The molecule has 236 valence electrons. The molecule has 2 aromatic carbocycles. The van der Waals surface area contributed by atoms with Crippen molar-refractivity contribution in [3.63, 3.8) is 0 Å². The summed E-state index contributed by atoms with van der Waals surface area (Å²) in [6.07, 6.45) is 5.59. The van der Waals surface area contributed by atoms with Crippen LogP contribution in [0.2, 0.25) is 0 Å². The predicted octanol–water partition coefficient (Wildman–Crippen LogP) is 11.5. The quantitative estimate of drug-likeness (QED) is 0.138. The zero-order chi connectivity index (χ0) is 30.8. The highest BCUT2D eigenvalue weighted by Gasteiger charge is 2.56. The number of alkyl halides is 5. The fraction of sp³-hybridized carbons (Fsp3) is 0.647. The molecule has 0 aliphatic carbocycles. The van der Waals surface area contributed by atoms with Gasteiger partial charge in [0.25, 0.3) is 0 Å². The number of fused-ring (bicyclic) bond motifs is 1. The van der Waals surface area contributed by atoms with Crippen LogP contribution in [0.25, 0.3) is 0 Å². The lowest BCUT2D eigenvalue weighted by Gasteiger charge is -2.43. The molecule has 0 spiro atoms. The Kier molecular flexibility index (Phi) is 12.9. The van der Waals surface area contributed by atoms with E-state index < -0.39 is 18.5 Å². The van der Waals surface area contributed by atoms with E-state index in [1.165, 1.54) is 36.8 Å². The van der Waals surface area contributed by atoms with Crippen molar-refractivity contribution in [1.82, 2.24) is 0 Å². The van der Waals surface area contributed by atoms with E-state index in [-0.39, 0.29) is 17.6 Å². The lowest BCUT2D eigenvalue weighted by Crippen LogP contribution is -2.36. The molecule has 0 radical (unpaired) electrons. The molecule has 0 amide bonds. The summed E-state index contributed by atoms with van der Waals surface area (Å²) in [6.45, 7) is 4.52. The highest BCUT2D eigenvalue weighted by Crippen LogP contribution is 2.52. The molecule has 1 heterocycles. The molecule has 42 heavy (non-hydrogen) atoms. The number of rotatable bonds is 17. The van der Waals surface area contributed by atoms with Gasteiger partial charge < -0.3 is 10.2 Å². The van der Waals surface area contributed by atoms with Gasteiger partial charge in [-0.15, -0.1) is 11.8 Å². The lowest BCUT2D eigenvalue weighted by atomic mass is 9.68. The van der Waals surface area contributed by atoms with E-state index in [0.29, 0.717) is 30.4 Å². The van der Waals surface area contributed by atoms with E-state index in [9.17, 15) is 32.2 Å². The van der Waals surface area contributed by atoms with Gasteiger partial charge in [-0.1, -0.05) is 103 Å². The fourth-order valence-electron chi connectivity index (χ4n) is 6.24. The first-order chi connectivity index (χ1) is 19.8. The van der Waals surface area contributed by atoms with Crippen LogP contribution in [0.15, 0.2) is 47.4 Å². The largest absolute Gasteiger partial charge is 0.508 e. The first-order valence-corrected chi connectivity index (χ1v) is 16.5. The van der Waals surface area contributed by atoms with Crippen molar-refractivity contribution in [2.75, 3.05) is 5.75 Å². The van der Waals surface area contributed by atoms with Crippen molar-refractivity contribution in [3.8, 4) is 11.5 Å². The van der Waals surface area contributed by atoms with Crippen molar-refractivity contribution >= 4 is 11.8 Å². The number of hydrogen-bond donors (Lipinski definition) is 2. The molecule has 0 fully saturated rings. The normalized spacial score (nSPS) is 19.9. The Hall–Kier alpha value is -1.96. The van der Waals surface area contributed by atoms with E-state index in [1.54, 1.807) is 30.0 Å². The third-order valence-corrected chi connectivity index (χ3v) is 10.4. The van der Waals surface area contributed by atoms with Crippen LogP contribution in [0.1, 0.15) is 121 Å². The average molecular weight is 615 g/mol. The maximum absolute atomic E-state index is 13.0. The van der Waals surface area contributed by atoms with Gasteiger partial charge in [-0.3, -0.25) is 0 Å². The Bertz CT molecular complexity index is 1090. The lowest BCUT2D eigenvalue weighted by molar-refractivity contribution is -0.284. The molecule has 8 heteroatoms. The molecule has 3 rings (SSSR count). The van der Waals surface area contributed by atoms with Crippen LogP contribution in [0.5, 0.6) is 11.5 Å². The van der Waals surface area contributed by atoms with Crippen LogP contribution in [-0.4, -0.2) is 28.1 Å². The summed E-state index contributed by atoms with van der Waals surface area (Å²) in [5.41, 5.74) is 2.47. The second-order valence-electron chi connectivity index (χ2n) is 12.5. The summed E-state index contributed by atoms with van der Waals surface area (Å²) in [5, 5.41) is 19.8. The molecule has 2 nitrogen and oxygen atoms in total. The second-order valence-corrected chi connectivity index (χ2v) is 13.5. The number of benzene rings is 2. The van der Waals surface area contributed by atoms with Crippen LogP contribution >= 0.6 is 11.8 Å². The Morgan fingerprint density at radius 3 is 1.95 bits per heavy atom. The summed E-state index contributed by atoms with van der Waals surface area (Å²) >= 11 is 1.79.